The van der Waals surface area contributed by atoms with Crippen LogP contribution in [0.3, 0.4) is 0 Å². The van der Waals surface area contributed by atoms with Crippen LogP contribution < -0.4 is 0 Å². The number of carbonyl (C=O) groups is 2. The maximum atomic E-state index is 12.8. The van der Waals surface area contributed by atoms with Crippen molar-refractivity contribution in [2.75, 3.05) is 6.61 Å². The number of nitrogens with zero attached hydrogens (tertiary/aromatic N) is 1. The second-order valence-electron chi connectivity index (χ2n) is 10.2. The van der Waals surface area contributed by atoms with Crippen LogP contribution >= 0.6 is 0 Å². The van der Waals surface area contributed by atoms with E-state index in [0.717, 1.165) is 42.4 Å². The minimum Gasteiger partial charge on any atom is -0.478 e. The summed E-state index contributed by atoms with van der Waals surface area (Å²) in [5.41, 5.74) is 4.22. The molecule has 224 valence electrons. The highest BCUT2D eigenvalue weighted by Crippen LogP contribution is 2.28. The minimum atomic E-state index is -0.917. The highest BCUT2D eigenvalue weighted by atomic mass is 16.5. The molecule has 1 atom stereocenters. The molecular weight excluding hydrogens is 546 g/mol. The normalized spacial score (nSPS) is 11.2. The van der Waals surface area contributed by atoms with Crippen molar-refractivity contribution in [3.8, 4) is 6.07 Å². The molecule has 0 spiro atoms. The fraction of sp³-hybridized carbons (Fsp3) is 0.205. The van der Waals surface area contributed by atoms with Gasteiger partial charge in [0.15, 0.2) is 0 Å². The zero-order valence-corrected chi connectivity index (χ0v) is 25.4. The number of aliphatic carboxylic acids is 1. The first kappa shape index (κ1) is 33.3. The van der Waals surface area contributed by atoms with Crippen LogP contribution in [-0.2, 0) is 14.3 Å². The minimum absolute atomic E-state index is 0.0535. The molecule has 0 fully saturated rings. The van der Waals surface area contributed by atoms with Crippen LogP contribution in [0, 0.1) is 17.2 Å². The molecule has 4 aromatic rings. The van der Waals surface area contributed by atoms with Crippen molar-refractivity contribution < 1.29 is 19.4 Å². The Morgan fingerprint density at radius 3 is 1.68 bits per heavy atom. The largest absolute Gasteiger partial charge is 0.478 e. The third-order valence-electron chi connectivity index (χ3n) is 7.11. The van der Waals surface area contributed by atoms with Crippen molar-refractivity contribution in [1.29, 1.82) is 5.26 Å². The Balaban J connectivity index is 0.000000266. The summed E-state index contributed by atoms with van der Waals surface area (Å²) in [6.45, 7) is 4.62. The van der Waals surface area contributed by atoms with Crippen LogP contribution in [-0.4, -0.2) is 23.7 Å². The van der Waals surface area contributed by atoms with E-state index >= 15 is 0 Å². The van der Waals surface area contributed by atoms with E-state index in [9.17, 15) is 20.0 Å². The predicted molar refractivity (Wildman–Crippen MR) is 177 cm³/mol. The van der Waals surface area contributed by atoms with Gasteiger partial charge in [-0.3, -0.25) is 0 Å². The molecule has 0 bridgehead atoms. The van der Waals surface area contributed by atoms with Gasteiger partial charge in [0.2, 0.25) is 0 Å². The SMILES string of the molecule is CCCCC(CC)COC(=O)C(C#N)=C(c1ccccc1)c1ccccc1.O=C(O)C(=Cc1ccccc1)c1ccccc1. The Hall–Kier alpha value is -5.21. The molecule has 4 aromatic carbocycles. The van der Waals surface area contributed by atoms with Crippen LogP contribution in [0.2, 0.25) is 0 Å². The highest BCUT2D eigenvalue weighted by molar-refractivity contribution is 6.20. The molecule has 0 aromatic heterocycles. The number of carbonyl (C=O) groups excluding carboxylic acids is 1. The Morgan fingerprint density at radius 1 is 0.773 bits per heavy atom. The van der Waals surface area contributed by atoms with E-state index in [4.69, 9.17) is 4.74 Å². The summed E-state index contributed by atoms with van der Waals surface area (Å²) < 4.78 is 5.55. The van der Waals surface area contributed by atoms with Gasteiger partial charge in [0.1, 0.15) is 11.6 Å². The van der Waals surface area contributed by atoms with Crippen LogP contribution in [0.5, 0.6) is 0 Å². The van der Waals surface area contributed by atoms with Crippen LogP contribution in [0.1, 0.15) is 61.8 Å². The third-order valence-corrected chi connectivity index (χ3v) is 7.11. The van der Waals surface area contributed by atoms with Crippen molar-refractivity contribution >= 4 is 29.2 Å². The first-order valence-corrected chi connectivity index (χ1v) is 15.0. The van der Waals surface area contributed by atoms with Crippen molar-refractivity contribution in [1.82, 2.24) is 0 Å². The van der Waals surface area contributed by atoms with Gasteiger partial charge in [-0.2, -0.15) is 5.26 Å². The summed E-state index contributed by atoms with van der Waals surface area (Å²) in [4.78, 5) is 24.0. The number of hydrogen-bond acceptors (Lipinski definition) is 4. The van der Waals surface area contributed by atoms with E-state index in [-0.39, 0.29) is 5.57 Å². The first-order chi connectivity index (χ1) is 21.5. The molecule has 5 heteroatoms. The Labute approximate surface area is 260 Å². The Morgan fingerprint density at radius 2 is 1.25 bits per heavy atom. The monoisotopic (exact) mass is 585 g/mol. The van der Waals surface area contributed by atoms with Gasteiger partial charge >= 0.3 is 11.9 Å². The van der Waals surface area contributed by atoms with Crippen molar-refractivity contribution in [2.45, 2.75) is 39.5 Å². The number of rotatable bonds is 12. The number of benzene rings is 4. The number of ether oxygens (including phenoxy) is 1. The van der Waals surface area contributed by atoms with E-state index in [2.05, 4.69) is 19.9 Å². The van der Waals surface area contributed by atoms with E-state index in [1.807, 2.05) is 109 Å². The smallest absolute Gasteiger partial charge is 0.349 e. The molecule has 0 saturated heterocycles. The lowest BCUT2D eigenvalue weighted by molar-refractivity contribution is -0.140. The maximum absolute atomic E-state index is 12.8. The van der Waals surface area contributed by atoms with E-state index in [1.54, 1.807) is 18.2 Å². The fourth-order valence-corrected chi connectivity index (χ4v) is 4.63. The number of carboxylic acids is 1. The number of esters is 1. The summed E-state index contributed by atoms with van der Waals surface area (Å²) in [6, 6.07) is 39.7. The standard InChI is InChI=1S/C24H27NO2.C15H12O2/c1-3-5-12-19(4-2)18-27-24(26)22(17-25)23(20-13-8-6-9-14-20)21-15-10-7-11-16-21;16-15(17)14(13-9-5-2-6-10-13)11-12-7-3-1-4-8-12/h6-11,13-16,19H,3-5,12,18H2,1-2H3;1-11H,(H,16,17). The molecule has 5 nitrogen and oxygen atoms in total. The van der Waals surface area contributed by atoms with Gasteiger partial charge in [-0.15, -0.1) is 0 Å². The molecular formula is C39H39NO4. The topological polar surface area (TPSA) is 87.4 Å². The molecule has 0 radical (unpaired) electrons. The lowest BCUT2D eigenvalue weighted by Crippen LogP contribution is -2.16. The summed E-state index contributed by atoms with van der Waals surface area (Å²) in [5.74, 6) is -1.12. The highest BCUT2D eigenvalue weighted by Gasteiger charge is 2.21. The zero-order valence-electron chi connectivity index (χ0n) is 25.4. The first-order valence-electron chi connectivity index (χ1n) is 15.0. The Bertz CT molecular complexity index is 1510. The zero-order chi connectivity index (χ0) is 31.6. The molecule has 4 rings (SSSR count). The average molecular weight is 586 g/mol. The molecule has 44 heavy (non-hydrogen) atoms. The third kappa shape index (κ3) is 10.3. The molecule has 1 N–H and O–H groups in total. The number of carboxylic acid groups (broad SMARTS) is 1. The van der Waals surface area contributed by atoms with E-state index in [0.29, 0.717) is 29.2 Å². The molecule has 1 unspecified atom stereocenters. The number of unbranched alkanes of at least 4 members (excludes halogenated alkanes) is 1. The predicted octanol–water partition coefficient (Wildman–Crippen LogP) is 9.08. The van der Waals surface area contributed by atoms with Crippen LogP contribution in [0.15, 0.2) is 127 Å². The molecule has 0 aliphatic heterocycles. The summed E-state index contributed by atoms with van der Waals surface area (Å²) in [5, 5.41) is 19.0. The molecule has 0 aliphatic rings. The Kier molecular flexibility index (Phi) is 13.9. The molecule has 0 aliphatic carbocycles. The second kappa shape index (κ2) is 18.4. The average Bonchev–Trinajstić information content (AvgIpc) is 3.08. The van der Waals surface area contributed by atoms with Gasteiger partial charge in [-0.25, -0.2) is 9.59 Å². The maximum Gasteiger partial charge on any atom is 0.349 e. The lowest BCUT2D eigenvalue weighted by atomic mass is 9.93. The van der Waals surface area contributed by atoms with Crippen molar-refractivity contribution in [3.63, 3.8) is 0 Å². The number of nitriles is 1. The van der Waals surface area contributed by atoms with Gasteiger partial charge in [0, 0.05) is 5.57 Å². The van der Waals surface area contributed by atoms with Crippen LogP contribution in [0.4, 0.5) is 0 Å². The number of hydrogen-bond donors (Lipinski definition) is 1. The van der Waals surface area contributed by atoms with Crippen molar-refractivity contribution in [2.24, 2.45) is 5.92 Å². The van der Waals surface area contributed by atoms with Gasteiger partial charge in [0.25, 0.3) is 0 Å². The summed E-state index contributed by atoms with van der Waals surface area (Å²) in [6.07, 6.45) is 5.92. The van der Waals surface area contributed by atoms with E-state index in [1.165, 1.54) is 0 Å². The quantitative estimate of drug-likeness (QED) is 0.0775. The molecule has 0 amide bonds. The molecule has 0 heterocycles. The fourth-order valence-electron chi connectivity index (χ4n) is 4.63. The summed E-state index contributed by atoms with van der Waals surface area (Å²) in [7, 11) is 0. The van der Waals surface area contributed by atoms with Gasteiger partial charge in [-0.1, -0.05) is 154 Å². The second-order valence-corrected chi connectivity index (χ2v) is 10.2. The van der Waals surface area contributed by atoms with Gasteiger partial charge in [0.05, 0.1) is 12.2 Å². The lowest BCUT2D eigenvalue weighted by Gasteiger charge is -2.16. The van der Waals surface area contributed by atoms with Crippen molar-refractivity contribution in [3.05, 3.63) is 149 Å². The van der Waals surface area contributed by atoms with Crippen LogP contribution in [0.25, 0.3) is 17.2 Å². The van der Waals surface area contributed by atoms with Gasteiger partial charge in [-0.05, 0) is 40.7 Å². The van der Waals surface area contributed by atoms with E-state index < -0.39 is 11.9 Å². The van der Waals surface area contributed by atoms with Gasteiger partial charge < -0.3 is 9.84 Å². The molecule has 0 saturated carbocycles. The summed E-state index contributed by atoms with van der Waals surface area (Å²) >= 11 is 0.